The molecule has 0 spiro atoms. The Morgan fingerprint density at radius 3 is 1.27 bits per heavy atom. The Morgan fingerprint density at radius 2 is 1.20 bits per heavy atom. The van der Waals surface area contributed by atoms with Crippen molar-refractivity contribution in [3.8, 4) is 0 Å². The van der Waals surface area contributed by atoms with Gasteiger partial charge >= 0.3 is 17.9 Å². The van der Waals surface area contributed by atoms with Crippen molar-refractivity contribution in [1.82, 2.24) is 0 Å². The van der Waals surface area contributed by atoms with Crippen molar-refractivity contribution < 1.29 is 34.5 Å². The highest BCUT2D eigenvalue weighted by atomic mass is 32.2. The number of carboxylic acids is 3. The van der Waals surface area contributed by atoms with E-state index < -0.39 is 33.3 Å². The molecule has 1 saturated heterocycles. The van der Waals surface area contributed by atoms with Gasteiger partial charge in [-0.2, -0.15) is 0 Å². The van der Waals surface area contributed by atoms with Gasteiger partial charge in [-0.25, -0.2) is 9.59 Å². The molecule has 8 nitrogen and oxygen atoms in total. The molecule has 9 heteroatoms. The van der Waals surface area contributed by atoms with Crippen LogP contribution < -0.4 is 5.73 Å². The second kappa shape index (κ2) is 2.86. The molecule has 1 unspecified atom stereocenters. The molecule has 1 heterocycles. The minimum absolute atomic E-state index is 0.00926. The van der Waals surface area contributed by atoms with Crippen LogP contribution >= 0.6 is 11.8 Å². The summed E-state index contributed by atoms with van der Waals surface area (Å²) >= 11 is -0.00926. The van der Waals surface area contributed by atoms with Crippen LogP contribution in [0.15, 0.2) is 0 Å². The van der Waals surface area contributed by atoms with Crippen LogP contribution in [0.3, 0.4) is 0 Å². The number of amides is 1. The van der Waals surface area contributed by atoms with Gasteiger partial charge in [0, 0.05) is 0 Å². The highest BCUT2D eigenvalue weighted by molar-refractivity contribution is 8.13. The molecule has 0 bridgehead atoms. The van der Waals surface area contributed by atoms with Crippen molar-refractivity contribution in [2.75, 3.05) is 0 Å². The van der Waals surface area contributed by atoms with Gasteiger partial charge in [-0.05, 0) is 0 Å². The van der Waals surface area contributed by atoms with E-state index >= 15 is 0 Å². The highest BCUT2D eigenvalue weighted by Gasteiger charge is 2.87. The lowest BCUT2D eigenvalue weighted by Gasteiger charge is -2.08. The first-order valence-corrected chi connectivity index (χ1v) is 4.25. The molecule has 1 aliphatic rings. The summed E-state index contributed by atoms with van der Waals surface area (Å²) in [7, 11) is 0. The van der Waals surface area contributed by atoms with E-state index in [1.54, 1.807) is 0 Å². The largest absolute Gasteiger partial charge is 0.480 e. The SMILES string of the molecule is NC(=O)C1(C(=O)O)SC1(C(=O)O)C(=O)O. The van der Waals surface area contributed by atoms with Gasteiger partial charge in [-0.3, -0.25) is 9.59 Å². The fraction of sp³-hybridized carbons (Fsp3) is 0.333. The minimum Gasteiger partial charge on any atom is -0.480 e. The summed E-state index contributed by atoms with van der Waals surface area (Å²) in [4.78, 5) is 42.9. The molecule has 1 aliphatic heterocycles. The standard InChI is InChI=1S/C6H5NO7S/c7-1(8)5(2(9)10)6(15-5,3(11)12)4(13)14/h(H2,7,8)(H,9,10)(H,11,12)(H,13,14). The second-order valence-electron chi connectivity index (χ2n) is 2.74. The van der Waals surface area contributed by atoms with Crippen LogP contribution in [0.2, 0.25) is 0 Å². The molecule has 0 saturated carbocycles. The number of rotatable bonds is 4. The molecule has 15 heavy (non-hydrogen) atoms. The van der Waals surface area contributed by atoms with Crippen molar-refractivity contribution in [2.45, 2.75) is 9.49 Å². The summed E-state index contributed by atoms with van der Waals surface area (Å²) in [5, 5.41) is 25.9. The molecule has 1 amide bonds. The Hall–Kier alpha value is -1.77. The summed E-state index contributed by atoms with van der Waals surface area (Å²) in [6.07, 6.45) is 0. The third kappa shape index (κ3) is 1.03. The Kier molecular flexibility index (Phi) is 2.15. The van der Waals surface area contributed by atoms with Gasteiger partial charge in [0.05, 0.1) is 0 Å². The van der Waals surface area contributed by atoms with Crippen LogP contribution in [0.4, 0.5) is 0 Å². The van der Waals surface area contributed by atoms with Crippen LogP contribution in [0.1, 0.15) is 0 Å². The van der Waals surface area contributed by atoms with Crippen LogP contribution in [0.5, 0.6) is 0 Å². The first kappa shape index (κ1) is 11.3. The molecular weight excluding hydrogens is 230 g/mol. The van der Waals surface area contributed by atoms with Crippen molar-refractivity contribution in [3.05, 3.63) is 0 Å². The number of nitrogens with two attached hydrogens (primary N) is 1. The maximum absolute atomic E-state index is 10.8. The molecular formula is C6H5NO7S. The number of thioether (sulfide) groups is 1. The smallest absolute Gasteiger partial charge is 0.334 e. The van der Waals surface area contributed by atoms with Gasteiger partial charge in [0.15, 0.2) is 0 Å². The van der Waals surface area contributed by atoms with Crippen molar-refractivity contribution >= 4 is 35.6 Å². The molecule has 1 atom stereocenters. The topological polar surface area (TPSA) is 155 Å². The number of primary amides is 1. The Bertz CT molecular complexity index is 325. The van der Waals surface area contributed by atoms with Gasteiger partial charge in [-0.15, -0.1) is 0 Å². The number of carbonyl (C=O) groups excluding carboxylic acids is 1. The summed E-state index contributed by atoms with van der Waals surface area (Å²) in [6, 6.07) is 0. The van der Waals surface area contributed by atoms with E-state index in [1.807, 2.05) is 0 Å². The first-order chi connectivity index (χ1) is 6.73. The van der Waals surface area contributed by atoms with E-state index in [-0.39, 0.29) is 11.8 Å². The van der Waals surface area contributed by atoms with Crippen molar-refractivity contribution in [3.63, 3.8) is 0 Å². The summed E-state index contributed by atoms with van der Waals surface area (Å²) < 4.78 is -5.34. The second-order valence-corrected chi connectivity index (χ2v) is 4.17. The summed E-state index contributed by atoms with van der Waals surface area (Å²) in [5.74, 6) is -7.20. The first-order valence-electron chi connectivity index (χ1n) is 3.43. The Labute approximate surface area is 86.0 Å². The predicted molar refractivity (Wildman–Crippen MR) is 45.2 cm³/mol. The van der Waals surface area contributed by atoms with E-state index in [0.29, 0.717) is 0 Å². The van der Waals surface area contributed by atoms with Gasteiger partial charge in [-0.1, -0.05) is 11.8 Å². The average Bonchev–Trinajstić information content (AvgIpc) is 2.74. The minimum atomic E-state index is -2.72. The van der Waals surface area contributed by atoms with Crippen LogP contribution in [0, 0.1) is 0 Å². The third-order valence-corrected chi connectivity index (χ3v) is 3.76. The molecule has 0 aromatic carbocycles. The molecule has 0 aromatic rings. The van der Waals surface area contributed by atoms with E-state index in [9.17, 15) is 19.2 Å². The van der Waals surface area contributed by atoms with Gasteiger partial charge < -0.3 is 21.1 Å². The lowest BCUT2D eigenvalue weighted by molar-refractivity contribution is -0.158. The fourth-order valence-electron chi connectivity index (χ4n) is 1.21. The Balaban J connectivity index is 3.32. The number of carboxylic acid groups (broad SMARTS) is 3. The van der Waals surface area contributed by atoms with Crippen LogP contribution in [-0.2, 0) is 19.2 Å². The van der Waals surface area contributed by atoms with Crippen LogP contribution in [0.25, 0.3) is 0 Å². The van der Waals surface area contributed by atoms with E-state index in [1.165, 1.54) is 0 Å². The molecule has 0 aromatic heterocycles. The van der Waals surface area contributed by atoms with Gasteiger partial charge in [0.2, 0.25) is 15.4 Å². The highest BCUT2D eigenvalue weighted by Crippen LogP contribution is 2.64. The zero-order chi connectivity index (χ0) is 12.0. The average molecular weight is 235 g/mol. The van der Waals surface area contributed by atoms with Crippen LogP contribution in [-0.4, -0.2) is 48.6 Å². The maximum Gasteiger partial charge on any atom is 0.334 e. The number of carbonyl (C=O) groups is 4. The number of aliphatic carboxylic acids is 3. The maximum atomic E-state index is 10.8. The summed E-state index contributed by atoms with van der Waals surface area (Å²) in [5.41, 5.74) is 4.72. The lowest BCUT2D eigenvalue weighted by Crippen LogP contribution is -2.52. The number of hydrogen-bond donors (Lipinski definition) is 4. The zero-order valence-electron chi connectivity index (χ0n) is 6.96. The zero-order valence-corrected chi connectivity index (χ0v) is 7.78. The molecule has 5 N–H and O–H groups in total. The van der Waals surface area contributed by atoms with Crippen molar-refractivity contribution in [1.29, 1.82) is 0 Å². The third-order valence-electron chi connectivity index (χ3n) is 2.01. The predicted octanol–water partition coefficient (Wildman–Crippen LogP) is -2.05. The van der Waals surface area contributed by atoms with E-state index in [0.717, 1.165) is 0 Å². The van der Waals surface area contributed by atoms with E-state index in [4.69, 9.17) is 21.1 Å². The number of hydrogen-bond acceptors (Lipinski definition) is 5. The summed E-state index contributed by atoms with van der Waals surface area (Å²) in [6.45, 7) is 0. The van der Waals surface area contributed by atoms with Gasteiger partial charge in [0.25, 0.3) is 0 Å². The molecule has 1 rings (SSSR count). The molecule has 0 radical (unpaired) electrons. The quantitative estimate of drug-likeness (QED) is 0.320. The Morgan fingerprint density at radius 1 is 0.867 bits per heavy atom. The fourth-order valence-corrected chi connectivity index (χ4v) is 2.34. The normalized spacial score (nSPS) is 26.7. The molecule has 0 aliphatic carbocycles. The lowest BCUT2D eigenvalue weighted by atomic mass is 9.92. The monoisotopic (exact) mass is 235 g/mol. The molecule has 82 valence electrons. The van der Waals surface area contributed by atoms with Crippen molar-refractivity contribution in [2.24, 2.45) is 5.73 Å². The molecule has 1 fully saturated rings. The van der Waals surface area contributed by atoms with E-state index in [2.05, 4.69) is 0 Å². The van der Waals surface area contributed by atoms with Gasteiger partial charge in [0.1, 0.15) is 0 Å².